The number of likely N-dealkylation sites (tertiary alicyclic amines) is 1. The van der Waals surface area contributed by atoms with E-state index in [4.69, 9.17) is 9.47 Å². The highest BCUT2D eigenvalue weighted by atomic mass is 16.5. The zero-order chi connectivity index (χ0) is 22.7. The van der Waals surface area contributed by atoms with Gasteiger partial charge in [-0.1, -0.05) is 30.3 Å². The van der Waals surface area contributed by atoms with Gasteiger partial charge in [-0.25, -0.2) is 0 Å². The maximum Gasteiger partial charge on any atom is 0.254 e. The van der Waals surface area contributed by atoms with Gasteiger partial charge < -0.3 is 19.7 Å². The van der Waals surface area contributed by atoms with Crippen molar-refractivity contribution in [1.82, 2.24) is 4.90 Å². The molecule has 0 bridgehead atoms. The molecule has 1 atom stereocenters. The second kappa shape index (κ2) is 9.30. The van der Waals surface area contributed by atoms with E-state index >= 15 is 0 Å². The summed E-state index contributed by atoms with van der Waals surface area (Å²) in [5.41, 5.74) is 2.32. The summed E-state index contributed by atoms with van der Waals surface area (Å²) in [5.74, 6) is 0.931. The van der Waals surface area contributed by atoms with Gasteiger partial charge >= 0.3 is 0 Å². The predicted octanol–water partition coefficient (Wildman–Crippen LogP) is 4.66. The van der Waals surface area contributed by atoms with Gasteiger partial charge in [0.25, 0.3) is 5.91 Å². The van der Waals surface area contributed by atoms with E-state index in [1.807, 2.05) is 61.5 Å². The Kier molecular flexibility index (Phi) is 6.30. The summed E-state index contributed by atoms with van der Waals surface area (Å²) in [7, 11) is 3.21. The topological polar surface area (TPSA) is 67.9 Å². The van der Waals surface area contributed by atoms with Gasteiger partial charge in [0.1, 0.15) is 11.5 Å². The largest absolute Gasteiger partial charge is 0.496 e. The van der Waals surface area contributed by atoms with E-state index in [9.17, 15) is 9.59 Å². The van der Waals surface area contributed by atoms with E-state index in [1.165, 1.54) is 0 Å². The molecule has 1 aliphatic heterocycles. The van der Waals surface area contributed by atoms with Crippen LogP contribution in [0.2, 0.25) is 0 Å². The summed E-state index contributed by atoms with van der Waals surface area (Å²) in [5, 5.41) is 4.75. The molecule has 4 rings (SSSR count). The second-order valence-electron chi connectivity index (χ2n) is 8.14. The summed E-state index contributed by atoms with van der Waals surface area (Å²) in [6.45, 7) is 2.99. The first-order valence-electron chi connectivity index (χ1n) is 10.8. The Labute approximate surface area is 188 Å². The van der Waals surface area contributed by atoms with Crippen LogP contribution in [0.5, 0.6) is 11.5 Å². The predicted molar refractivity (Wildman–Crippen MR) is 125 cm³/mol. The van der Waals surface area contributed by atoms with Crippen molar-refractivity contribution in [3.8, 4) is 11.5 Å². The number of hydrogen-bond donors (Lipinski definition) is 1. The Morgan fingerprint density at radius 1 is 0.969 bits per heavy atom. The molecule has 0 spiro atoms. The van der Waals surface area contributed by atoms with Crippen LogP contribution in [0, 0.1) is 12.8 Å². The molecular formula is C26H28N2O4. The van der Waals surface area contributed by atoms with Gasteiger partial charge in [-0.05, 0) is 55.0 Å². The number of ether oxygens (including phenoxy) is 2. The molecule has 1 N–H and O–H groups in total. The summed E-state index contributed by atoms with van der Waals surface area (Å²) < 4.78 is 10.8. The van der Waals surface area contributed by atoms with Crippen molar-refractivity contribution in [2.24, 2.45) is 5.92 Å². The highest BCUT2D eigenvalue weighted by molar-refractivity contribution is 6.08. The minimum absolute atomic E-state index is 0.0607. The van der Waals surface area contributed by atoms with E-state index in [0.717, 1.165) is 34.9 Å². The van der Waals surface area contributed by atoms with Crippen molar-refractivity contribution in [3.05, 3.63) is 65.7 Å². The lowest BCUT2D eigenvalue weighted by Crippen LogP contribution is -2.43. The normalized spacial score (nSPS) is 16.0. The number of nitrogens with one attached hydrogen (secondary N) is 1. The van der Waals surface area contributed by atoms with Crippen LogP contribution >= 0.6 is 0 Å². The first-order chi connectivity index (χ1) is 15.5. The number of rotatable bonds is 5. The third kappa shape index (κ3) is 4.26. The average Bonchev–Trinajstić information content (AvgIpc) is 2.83. The summed E-state index contributed by atoms with van der Waals surface area (Å²) in [4.78, 5) is 28.2. The smallest absolute Gasteiger partial charge is 0.254 e. The van der Waals surface area contributed by atoms with Gasteiger partial charge in [-0.3, -0.25) is 9.59 Å². The fraction of sp³-hybridized carbons (Fsp3) is 0.308. The Morgan fingerprint density at radius 2 is 1.69 bits per heavy atom. The number of anilines is 1. The number of methoxy groups -OCH3 is 2. The monoisotopic (exact) mass is 432 g/mol. The summed E-state index contributed by atoms with van der Waals surface area (Å²) >= 11 is 0. The highest BCUT2D eigenvalue weighted by Gasteiger charge is 2.30. The Balaban J connectivity index is 1.53. The third-order valence-electron chi connectivity index (χ3n) is 6.03. The van der Waals surface area contributed by atoms with Crippen LogP contribution in [0.15, 0.2) is 54.6 Å². The van der Waals surface area contributed by atoms with Crippen LogP contribution in [0.25, 0.3) is 10.8 Å². The molecule has 1 aliphatic rings. The SMILES string of the molecule is COc1ccc(C)cc1NC(=O)C1CCCN(C(=O)c2ccc(OC)c3ccccc23)C1. The average molecular weight is 433 g/mol. The minimum Gasteiger partial charge on any atom is -0.496 e. The van der Waals surface area contributed by atoms with Crippen molar-refractivity contribution in [2.75, 3.05) is 32.6 Å². The Bertz CT molecular complexity index is 1160. The summed E-state index contributed by atoms with van der Waals surface area (Å²) in [6, 6.07) is 17.0. The standard InChI is InChI=1S/C26H28N2O4/c1-17-10-12-24(32-3)22(15-17)27-25(29)18-7-6-14-28(16-18)26(30)21-11-13-23(31-2)20-9-5-4-8-19(20)21/h4-5,8-13,15,18H,6-7,14,16H2,1-3H3,(H,27,29). The minimum atomic E-state index is -0.276. The second-order valence-corrected chi connectivity index (χ2v) is 8.14. The van der Waals surface area contributed by atoms with Gasteiger partial charge in [-0.2, -0.15) is 0 Å². The molecule has 0 radical (unpaired) electrons. The van der Waals surface area contributed by atoms with Crippen molar-refractivity contribution in [3.63, 3.8) is 0 Å². The number of benzene rings is 3. The van der Waals surface area contributed by atoms with E-state index < -0.39 is 0 Å². The molecule has 6 heteroatoms. The lowest BCUT2D eigenvalue weighted by atomic mass is 9.95. The van der Waals surface area contributed by atoms with Crippen LogP contribution < -0.4 is 14.8 Å². The first kappa shape index (κ1) is 21.7. The lowest BCUT2D eigenvalue weighted by Gasteiger charge is -2.32. The molecule has 166 valence electrons. The molecular weight excluding hydrogens is 404 g/mol. The lowest BCUT2D eigenvalue weighted by molar-refractivity contribution is -0.121. The Morgan fingerprint density at radius 3 is 2.44 bits per heavy atom. The molecule has 3 aromatic rings. The van der Waals surface area contributed by atoms with Crippen molar-refractivity contribution < 1.29 is 19.1 Å². The number of aryl methyl sites for hydroxylation is 1. The van der Waals surface area contributed by atoms with E-state index in [1.54, 1.807) is 19.1 Å². The number of fused-ring (bicyclic) bond motifs is 1. The molecule has 0 aromatic heterocycles. The molecule has 6 nitrogen and oxygen atoms in total. The van der Waals surface area contributed by atoms with E-state index in [2.05, 4.69) is 5.32 Å². The number of carbonyl (C=O) groups is 2. The van der Waals surface area contributed by atoms with Crippen LogP contribution in [0.3, 0.4) is 0 Å². The molecule has 1 saturated heterocycles. The van der Waals surface area contributed by atoms with Crippen LogP contribution in [0.4, 0.5) is 5.69 Å². The molecule has 1 unspecified atom stereocenters. The quantitative estimate of drug-likeness (QED) is 0.637. The molecule has 0 saturated carbocycles. The van der Waals surface area contributed by atoms with Crippen LogP contribution in [0.1, 0.15) is 28.8 Å². The molecule has 2 amide bonds. The van der Waals surface area contributed by atoms with Crippen molar-refractivity contribution >= 4 is 28.3 Å². The Hall–Kier alpha value is -3.54. The number of hydrogen-bond acceptors (Lipinski definition) is 4. The van der Waals surface area contributed by atoms with Crippen LogP contribution in [-0.2, 0) is 4.79 Å². The first-order valence-corrected chi connectivity index (χ1v) is 10.8. The number of piperidine rings is 1. The van der Waals surface area contributed by atoms with Gasteiger partial charge in [0.2, 0.25) is 5.91 Å². The van der Waals surface area contributed by atoms with Crippen LogP contribution in [-0.4, -0.2) is 44.0 Å². The van der Waals surface area contributed by atoms with Crippen molar-refractivity contribution in [1.29, 1.82) is 0 Å². The third-order valence-corrected chi connectivity index (χ3v) is 6.03. The number of carbonyl (C=O) groups excluding carboxylic acids is 2. The van der Waals surface area contributed by atoms with Gasteiger partial charge in [0, 0.05) is 24.0 Å². The van der Waals surface area contributed by atoms with Gasteiger partial charge in [0.15, 0.2) is 0 Å². The maximum absolute atomic E-state index is 13.4. The molecule has 3 aromatic carbocycles. The molecule has 1 heterocycles. The maximum atomic E-state index is 13.4. The van der Waals surface area contributed by atoms with Gasteiger partial charge in [-0.15, -0.1) is 0 Å². The zero-order valence-electron chi connectivity index (χ0n) is 18.7. The summed E-state index contributed by atoms with van der Waals surface area (Å²) in [6.07, 6.45) is 1.52. The molecule has 0 aliphatic carbocycles. The van der Waals surface area contributed by atoms with Gasteiger partial charge in [0.05, 0.1) is 25.8 Å². The van der Waals surface area contributed by atoms with E-state index in [-0.39, 0.29) is 17.7 Å². The fourth-order valence-electron chi connectivity index (χ4n) is 4.34. The highest BCUT2D eigenvalue weighted by Crippen LogP contribution is 2.31. The number of nitrogens with zero attached hydrogens (tertiary/aromatic N) is 1. The fourth-order valence-corrected chi connectivity index (χ4v) is 4.34. The molecule has 32 heavy (non-hydrogen) atoms. The van der Waals surface area contributed by atoms with E-state index in [0.29, 0.717) is 30.1 Å². The zero-order valence-corrected chi connectivity index (χ0v) is 18.7. The van der Waals surface area contributed by atoms with Crippen molar-refractivity contribution in [2.45, 2.75) is 19.8 Å². The molecule has 1 fully saturated rings. The number of amides is 2.